The average Bonchev–Trinajstić information content (AvgIpc) is 2.42. The van der Waals surface area contributed by atoms with Gasteiger partial charge in [-0.2, -0.15) is 0 Å². The maximum atomic E-state index is 11.3. The van der Waals surface area contributed by atoms with Gasteiger partial charge in [-0.3, -0.25) is 9.59 Å². The van der Waals surface area contributed by atoms with Crippen molar-refractivity contribution in [3.8, 4) is 0 Å². The monoisotopic (exact) mass is 328 g/mol. The van der Waals surface area contributed by atoms with Gasteiger partial charge in [-0.15, -0.1) is 24.8 Å². The van der Waals surface area contributed by atoms with Gasteiger partial charge in [-0.1, -0.05) is 6.42 Å². The molecule has 0 saturated carbocycles. The highest BCUT2D eigenvalue weighted by molar-refractivity contribution is 5.86. The third kappa shape index (κ3) is 10.3. The SMILES string of the molecule is Cl.Cl.NCC(=O)NCC(=O)NCCCN1CCCCC1. The molecule has 0 atom stereocenters. The summed E-state index contributed by atoms with van der Waals surface area (Å²) in [7, 11) is 0. The van der Waals surface area contributed by atoms with Crippen molar-refractivity contribution in [1.82, 2.24) is 15.5 Å². The van der Waals surface area contributed by atoms with E-state index in [1.807, 2.05) is 0 Å². The van der Waals surface area contributed by atoms with E-state index in [1.165, 1.54) is 32.4 Å². The molecule has 120 valence electrons. The van der Waals surface area contributed by atoms with E-state index in [2.05, 4.69) is 15.5 Å². The van der Waals surface area contributed by atoms with Gasteiger partial charge in [-0.05, 0) is 38.9 Å². The molecule has 0 aromatic carbocycles. The number of halogens is 2. The van der Waals surface area contributed by atoms with E-state index in [-0.39, 0.29) is 49.7 Å². The first kappa shape index (κ1) is 21.7. The molecule has 0 bridgehead atoms. The molecule has 0 aliphatic carbocycles. The lowest BCUT2D eigenvalue weighted by molar-refractivity contribution is -0.125. The van der Waals surface area contributed by atoms with E-state index >= 15 is 0 Å². The first-order valence-corrected chi connectivity index (χ1v) is 6.68. The number of hydrogen-bond acceptors (Lipinski definition) is 4. The minimum Gasteiger partial charge on any atom is -0.355 e. The second kappa shape index (κ2) is 13.4. The van der Waals surface area contributed by atoms with E-state index in [0.29, 0.717) is 6.54 Å². The van der Waals surface area contributed by atoms with Gasteiger partial charge in [0.2, 0.25) is 11.8 Å². The molecule has 20 heavy (non-hydrogen) atoms. The number of likely N-dealkylation sites (tertiary alicyclic amines) is 1. The summed E-state index contributed by atoms with van der Waals surface area (Å²) in [4.78, 5) is 24.6. The molecule has 1 rings (SSSR count). The van der Waals surface area contributed by atoms with Crippen molar-refractivity contribution in [2.45, 2.75) is 25.7 Å². The number of carbonyl (C=O) groups excluding carboxylic acids is 2. The summed E-state index contributed by atoms with van der Waals surface area (Å²) < 4.78 is 0. The number of carbonyl (C=O) groups is 2. The van der Waals surface area contributed by atoms with E-state index in [1.54, 1.807) is 0 Å². The highest BCUT2D eigenvalue weighted by Gasteiger charge is 2.09. The summed E-state index contributed by atoms with van der Waals surface area (Å²) in [6.07, 6.45) is 4.87. The van der Waals surface area contributed by atoms with Crippen LogP contribution in [0.2, 0.25) is 0 Å². The zero-order chi connectivity index (χ0) is 13.2. The fourth-order valence-corrected chi connectivity index (χ4v) is 2.03. The summed E-state index contributed by atoms with van der Waals surface area (Å²) in [5.74, 6) is -0.464. The Morgan fingerprint density at radius 3 is 2.25 bits per heavy atom. The molecule has 1 saturated heterocycles. The second-order valence-corrected chi connectivity index (χ2v) is 4.59. The van der Waals surface area contributed by atoms with Crippen LogP contribution in [0.3, 0.4) is 0 Å². The van der Waals surface area contributed by atoms with Crippen LogP contribution in [0.5, 0.6) is 0 Å². The Kier molecular flexibility index (Phi) is 14.6. The number of nitrogens with two attached hydrogens (primary N) is 1. The topological polar surface area (TPSA) is 87.5 Å². The van der Waals surface area contributed by atoms with Crippen molar-refractivity contribution >= 4 is 36.6 Å². The van der Waals surface area contributed by atoms with E-state index in [0.717, 1.165) is 13.0 Å². The predicted octanol–water partition coefficient (Wildman–Crippen LogP) is -0.103. The molecule has 0 aromatic heterocycles. The maximum Gasteiger partial charge on any atom is 0.239 e. The highest BCUT2D eigenvalue weighted by atomic mass is 35.5. The number of amides is 2. The predicted molar refractivity (Wildman–Crippen MR) is 84.5 cm³/mol. The molecular weight excluding hydrogens is 303 g/mol. The van der Waals surface area contributed by atoms with Gasteiger partial charge < -0.3 is 21.3 Å². The average molecular weight is 329 g/mol. The molecule has 2 amide bonds. The first-order chi connectivity index (χ1) is 8.72. The number of rotatable bonds is 7. The molecule has 0 spiro atoms. The van der Waals surface area contributed by atoms with Gasteiger partial charge in [0, 0.05) is 6.54 Å². The van der Waals surface area contributed by atoms with Gasteiger partial charge in [0.25, 0.3) is 0 Å². The normalized spacial score (nSPS) is 14.7. The van der Waals surface area contributed by atoms with Crippen LogP contribution < -0.4 is 16.4 Å². The number of hydrogen-bond donors (Lipinski definition) is 3. The molecule has 1 heterocycles. The molecule has 1 fully saturated rings. The van der Waals surface area contributed by atoms with Gasteiger partial charge in [0.15, 0.2) is 0 Å². The number of nitrogens with zero attached hydrogens (tertiary/aromatic N) is 1. The van der Waals surface area contributed by atoms with Gasteiger partial charge in [-0.25, -0.2) is 0 Å². The molecule has 0 radical (unpaired) electrons. The Balaban J connectivity index is 0. The second-order valence-electron chi connectivity index (χ2n) is 4.59. The van der Waals surface area contributed by atoms with Crippen LogP contribution in [0, 0.1) is 0 Å². The van der Waals surface area contributed by atoms with Gasteiger partial charge in [0.1, 0.15) is 0 Å². The Labute approximate surface area is 133 Å². The third-order valence-electron chi connectivity index (χ3n) is 3.05. The summed E-state index contributed by atoms with van der Waals surface area (Å²) in [5.41, 5.74) is 5.11. The summed E-state index contributed by atoms with van der Waals surface area (Å²) in [6.45, 7) is 3.99. The Bertz CT molecular complexity index is 274. The quantitative estimate of drug-likeness (QED) is 0.569. The molecule has 0 unspecified atom stereocenters. The Morgan fingerprint density at radius 1 is 1.00 bits per heavy atom. The first-order valence-electron chi connectivity index (χ1n) is 6.68. The fraction of sp³-hybridized carbons (Fsp3) is 0.833. The molecular formula is C12H26Cl2N4O2. The van der Waals surface area contributed by atoms with Crippen LogP contribution in [-0.4, -0.2) is 56.0 Å². The number of piperidine rings is 1. The van der Waals surface area contributed by atoms with Crippen LogP contribution in [0.15, 0.2) is 0 Å². The maximum absolute atomic E-state index is 11.3. The molecule has 4 N–H and O–H groups in total. The minimum atomic E-state index is -0.307. The van der Waals surface area contributed by atoms with E-state index < -0.39 is 0 Å². The molecule has 8 heteroatoms. The fourth-order valence-electron chi connectivity index (χ4n) is 2.03. The molecule has 1 aliphatic heterocycles. The van der Waals surface area contributed by atoms with Crippen LogP contribution >= 0.6 is 24.8 Å². The molecule has 1 aliphatic rings. The van der Waals surface area contributed by atoms with Crippen molar-refractivity contribution in [3.63, 3.8) is 0 Å². The van der Waals surface area contributed by atoms with Crippen LogP contribution in [0.25, 0.3) is 0 Å². The Morgan fingerprint density at radius 2 is 1.65 bits per heavy atom. The largest absolute Gasteiger partial charge is 0.355 e. The zero-order valence-electron chi connectivity index (χ0n) is 11.7. The lowest BCUT2D eigenvalue weighted by Gasteiger charge is -2.26. The van der Waals surface area contributed by atoms with Crippen molar-refractivity contribution < 1.29 is 9.59 Å². The van der Waals surface area contributed by atoms with Crippen LogP contribution in [-0.2, 0) is 9.59 Å². The zero-order valence-corrected chi connectivity index (χ0v) is 13.4. The third-order valence-corrected chi connectivity index (χ3v) is 3.05. The van der Waals surface area contributed by atoms with E-state index in [9.17, 15) is 9.59 Å². The lowest BCUT2D eigenvalue weighted by atomic mass is 10.1. The van der Waals surface area contributed by atoms with Gasteiger partial charge >= 0.3 is 0 Å². The van der Waals surface area contributed by atoms with Crippen molar-refractivity contribution in [3.05, 3.63) is 0 Å². The van der Waals surface area contributed by atoms with Crippen molar-refractivity contribution in [2.75, 3.05) is 39.3 Å². The molecule has 6 nitrogen and oxygen atoms in total. The summed E-state index contributed by atoms with van der Waals surface area (Å²) in [5, 5.41) is 5.22. The van der Waals surface area contributed by atoms with Crippen molar-refractivity contribution in [1.29, 1.82) is 0 Å². The lowest BCUT2D eigenvalue weighted by Crippen LogP contribution is -2.40. The Hall–Kier alpha value is -0.560. The highest BCUT2D eigenvalue weighted by Crippen LogP contribution is 2.08. The summed E-state index contributed by atoms with van der Waals surface area (Å²) >= 11 is 0. The summed E-state index contributed by atoms with van der Waals surface area (Å²) in [6, 6.07) is 0. The van der Waals surface area contributed by atoms with Crippen LogP contribution in [0.4, 0.5) is 0 Å². The van der Waals surface area contributed by atoms with Gasteiger partial charge in [0.05, 0.1) is 13.1 Å². The van der Waals surface area contributed by atoms with Crippen LogP contribution in [0.1, 0.15) is 25.7 Å². The minimum absolute atomic E-state index is 0. The standard InChI is InChI=1S/C12H24N4O2.2ClH/c13-9-11(17)15-10-12(18)14-5-4-8-16-6-2-1-3-7-16;;/h1-10,13H2,(H,14,18)(H,15,17);2*1H. The smallest absolute Gasteiger partial charge is 0.239 e. The number of nitrogens with one attached hydrogen (secondary N) is 2. The van der Waals surface area contributed by atoms with Crippen molar-refractivity contribution in [2.24, 2.45) is 5.73 Å². The molecule has 0 aromatic rings. The van der Waals surface area contributed by atoms with E-state index in [4.69, 9.17) is 5.73 Å².